The first-order valence-electron chi connectivity index (χ1n) is 5.02. The molecule has 0 fully saturated rings. The summed E-state index contributed by atoms with van der Waals surface area (Å²) >= 11 is 2.83. The van der Waals surface area contributed by atoms with Crippen molar-refractivity contribution in [3.8, 4) is 0 Å². The van der Waals surface area contributed by atoms with Crippen LogP contribution >= 0.6 is 27.7 Å². The van der Waals surface area contributed by atoms with E-state index in [2.05, 4.69) is 15.9 Å². The summed E-state index contributed by atoms with van der Waals surface area (Å²) < 4.78 is 37.3. The Morgan fingerprint density at radius 1 is 1.39 bits per heavy atom. The third-order valence-electron chi connectivity index (χ3n) is 2.12. The van der Waals surface area contributed by atoms with Gasteiger partial charge in [-0.1, -0.05) is 28.1 Å². The highest BCUT2D eigenvalue weighted by Gasteiger charge is 2.32. The molecule has 0 aliphatic rings. The van der Waals surface area contributed by atoms with Gasteiger partial charge in [-0.3, -0.25) is 0 Å². The van der Waals surface area contributed by atoms with E-state index in [1.54, 1.807) is 0 Å². The fourth-order valence-electron chi connectivity index (χ4n) is 1.44. The maximum Gasteiger partial charge on any atom is 0.446 e. The fourth-order valence-corrected chi connectivity index (χ4v) is 2.52. The molecule has 0 radical (unpaired) electrons. The van der Waals surface area contributed by atoms with Crippen LogP contribution in [0.5, 0.6) is 0 Å². The number of carbonyl (C=O) groups is 1. The van der Waals surface area contributed by atoms with Gasteiger partial charge >= 0.3 is 11.5 Å². The number of aryl methyl sites for hydroxylation is 1. The minimum atomic E-state index is -4.49. The highest BCUT2D eigenvalue weighted by Crippen LogP contribution is 2.40. The molecule has 18 heavy (non-hydrogen) atoms. The van der Waals surface area contributed by atoms with Gasteiger partial charge in [0.2, 0.25) is 0 Å². The Hall–Kier alpha value is -0.690. The van der Waals surface area contributed by atoms with Gasteiger partial charge in [-0.25, -0.2) is 4.79 Å². The molecule has 1 N–H and O–H groups in total. The lowest BCUT2D eigenvalue weighted by atomic mass is 10.1. The number of halogens is 4. The second kappa shape index (κ2) is 6.47. The van der Waals surface area contributed by atoms with E-state index in [1.807, 2.05) is 0 Å². The van der Waals surface area contributed by atoms with E-state index in [9.17, 15) is 18.0 Å². The van der Waals surface area contributed by atoms with Crippen LogP contribution in [0.1, 0.15) is 22.3 Å². The van der Waals surface area contributed by atoms with Gasteiger partial charge < -0.3 is 5.11 Å². The Bertz CT molecular complexity index is 435. The molecule has 0 unspecified atom stereocenters. The molecule has 2 nitrogen and oxygen atoms in total. The maximum absolute atomic E-state index is 12.4. The molecule has 1 aromatic carbocycles. The molecule has 0 atom stereocenters. The zero-order chi connectivity index (χ0) is 13.8. The second-order valence-corrected chi connectivity index (χ2v) is 5.31. The molecule has 7 heteroatoms. The van der Waals surface area contributed by atoms with Crippen molar-refractivity contribution in [1.82, 2.24) is 0 Å². The van der Waals surface area contributed by atoms with Crippen molar-refractivity contribution in [2.45, 2.75) is 23.2 Å². The largest absolute Gasteiger partial charge is 0.478 e. The number of aromatic carboxylic acids is 1. The first-order valence-corrected chi connectivity index (χ1v) is 6.96. The smallest absolute Gasteiger partial charge is 0.446 e. The van der Waals surface area contributed by atoms with Crippen LogP contribution in [0.25, 0.3) is 0 Å². The van der Waals surface area contributed by atoms with Crippen molar-refractivity contribution < 1.29 is 23.1 Å². The molecule has 0 aliphatic heterocycles. The van der Waals surface area contributed by atoms with Gasteiger partial charge in [-0.15, -0.1) is 0 Å². The molecule has 0 heterocycles. The predicted octanol–water partition coefficient (Wildman–Crippen LogP) is 4.32. The monoisotopic (exact) mass is 342 g/mol. The number of carboxylic acid groups (broad SMARTS) is 1. The quantitative estimate of drug-likeness (QED) is 0.639. The van der Waals surface area contributed by atoms with Gasteiger partial charge in [-0.2, -0.15) is 13.2 Å². The van der Waals surface area contributed by atoms with Crippen LogP contribution in [0, 0.1) is 0 Å². The van der Waals surface area contributed by atoms with Crippen molar-refractivity contribution in [1.29, 1.82) is 0 Å². The van der Waals surface area contributed by atoms with Crippen molar-refractivity contribution in [2.24, 2.45) is 0 Å². The molecule has 1 rings (SSSR count). The Morgan fingerprint density at radius 2 is 2.06 bits per heavy atom. The van der Waals surface area contributed by atoms with Gasteiger partial charge in [0.05, 0.1) is 5.56 Å². The molecule has 0 saturated carbocycles. The molecular weight excluding hydrogens is 333 g/mol. The van der Waals surface area contributed by atoms with Gasteiger partial charge in [0, 0.05) is 10.2 Å². The molecule has 0 aromatic heterocycles. The first-order chi connectivity index (χ1) is 8.35. The number of rotatable bonds is 5. The summed E-state index contributed by atoms with van der Waals surface area (Å²) in [6.07, 6.45) is 1.05. The second-order valence-electron chi connectivity index (χ2n) is 3.44. The Kier molecular flexibility index (Phi) is 5.52. The van der Waals surface area contributed by atoms with Crippen molar-refractivity contribution in [3.63, 3.8) is 0 Å². The van der Waals surface area contributed by atoms with Crippen LogP contribution in [0.4, 0.5) is 13.2 Å². The molecule has 0 spiro atoms. The summed E-state index contributed by atoms with van der Waals surface area (Å²) in [5.74, 6) is -1.34. The van der Waals surface area contributed by atoms with E-state index in [0.717, 1.165) is 0 Å². The average Bonchev–Trinajstić information content (AvgIpc) is 2.25. The number of hydrogen-bond donors (Lipinski definition) is 1. The van der Waals surface area contributed by atoms with Gasteiger partial charge in [0.25, 0.3) is 0 Å². The molecule has 0 saturated heterocycles. The number of thioether (sulfide) groups is 1. The maximum atomic E-state index is 12.4. The van der Waals surface area contributed by atoms with Gasteiger partial charge in [0.1, 0.15) is 0 Å². The number of alkyl halides is 4. The standard InChI is InChI=1S/C11H10BrF3O2S/c12-6-2-4-7-3-1-5-8(10(16)17)9(7)18-11(13,14)15/h1,3,5H,2,4,6H2,(H,16,17). The lowest BCUT2D eigenvalue weighted by Crippen LogP contribution is -2.07. The predicted molar refractivity (Wildman–Crippen MR) is 67.4 cm³/mol. The molecule has 0 amide bonds. The Labute approximate surface area is 115 Å². The molecule has 100 valence electrons. The summed E-state index contributed by atoms with van der Waals surface area (Å²) in [5.41, 5.74) is -4.38. The van der Waals surface area contributed by atoms with E-state index in [0.29, 0.717) is 23.7 Å². The van der Waals surface area contributed by atoms with Crippen LogP contribution in [-0.2, 0) is 6.42 Å². The highest BCUT2D eigenvalue weighted by atomic mass is 79.9. The molecule has 1 aromatic rings. The fraction of sp³-hybridized carbons (Fsp3) is 0.364. The van der Waals surface area contributed by atoms with Crippen LogP contribution in [-0.4, -0.2) is 21.9 Å². The molecule has 0 bridgehead atoms. The Morgan fingerprint density at radius 3 is 2.56 bits per heavy atom. The van der Waals surface area contributed by atoms with Crippen molar-refractivity contribution >= 4 is 33.7 Å². The summed E-state index contributed by atoms with van der Waals surface area (Å²) in [5, 5.41) is 9.58. The summed E-state index contributed by atoms with van der Waals surface area (Å²) in [7, 11) is 0. The van der Waals surface area contributed by atoms with E-state index < -0.39 is 11.5 Å². The Balaban J connectivity index is 3.16. The summed E-state index contributed by atoms with van der Waals surface area (Å²) in [6.45, 7) is 0. The SMILES string of the molecule is O=C(O)c1cccc(CCCBr)c1SC(F)(F)F. The number of hydrogen-bond acceptors (Lipinski definition) is 2. The van der Waals surface area contributed by atoms with Crippen LogP contribution < -0.4 is 0 Å². The van der Waals surface area contributed by atoms with E-state index in [1.165, 1.54) is 18.2 Å². The number of carboxylic acids is 1. The van der Waals surface area contributed by atoms with Crippen LogP contribution in [0.2, 0.25) is 0 Å². The third-order valence-corrected chi connectivity index (χ3v) is 3.60. The third kappa shape index (κ3) is 4.53. The first kappa shape index (κ1) is 15.4. The van der Waals surface area contributed by atoms with Gasteiger partial charge in [-0.05, 0) is 36.2 Å². The van der Waals surface area contributed by atoms with Crippen molar-refractivity contribution in [2.75, 3.05) is 5.33 Å². The van der Waals surface area contributed by atoms with Crippen LogP contribution in [0.15, 0.2) is 23.1 Å². The average molecular weight is 343 g/mol. The van der Waals surface area contributed by atoms with Crippen LogP contribution in [0.3, 0.4) is 0 Å². The lowest BCUT2D eigenvalue weighted by molar-refractivity contribution is -0.0328. The zero-order valence-electron chi connectivity index (χ0n) is 9.13. The summed E-state index contributed by atoms with van der Waals surface area (Å²) in [6, 6.07) is 4.19. The summed E-state index contributed by atoms with van der Waals surface area (Å²) in [4.78, 5) is 10.7. The number of benzene rings is 1. The lowest BCUT2D eigenvalue weighted by Gasteiger charge is -2.13. The van der Waals surface area contributed by atoms with Crippen molar-refractivity contribution in [3.05, 3.63) is 29.3 Å². The molecule has 0 aliphatic carbocycles. The normalized spacial score (nSPS) is 11.6. The highest BCUT2D eigenvalue weighted by molar-refractivity contribution is 9.09. The zero-order valence-corrected chi connectivity index (χ0v) is 11.5. The minimum absolute atomic E-state index is 0.210. The topological polar surface area (TPSA) is 37.3 Å². The van der Waals surface area contributed by atoms with E-state index in [-0.39, 0.29) is 22.2 Å². The van der Waals surface area contributed by atoms with E-state index >= 15 is 0 Å². The van der Waals surface area contributed by atoms with E-state index in [4.69, 9.17) is 5.11 Å². The minimum Gasteiger partial charge on any atom is -0.478 e. The van der Waals surface area contributed by atoms with Gasteiger partial charge in [0.15, 0.2) is 0 Å². The molecular formula is C11H10BrF3O2S.